The van der Waals surface area contributed by atoms with Crippen molar-refractivity contribution in [2.75, 3.05) is 26.2 Å². The highest BCUT2D eigenvalue weighted by Crippen LogP contribution is 2.37. The molecule has 2 atom stereocenters. The Labute approximate surface area is 107 Å². The SMILES string of the molecule is NCC1CN(C2CCCc3sccc32)CCO1. The molecule has 0 aromatic carbocycles. The number of rotatable bonds is 2. The summed E-state index contributed by atoms with van der Waals surface area (Å²) in [5.74, 6) is 0. The Morgan fingerprint density at radius 3 is 3.35 bits per heavy atom. The van der Waals surface area contributed by atoms with Gasteiger partial charge in [-0.3, -0.25) is 4.90 Å². The van der Waals surface area contributed by atoms with Gasteiger partial charge in [-0.05, 0) is 36.3 Å². The van der Waals surface area contributed by atoms with Gasteiger partial charge in [-0.2, -0.15) is 0 Å². The van der Waals surface area contributed by atoms with Crippen LogP contribution in [-0.2, 0) is 11.2 Å². The van der Waals surface area contributed by atoms with Gasteiger partial charge in [0.25, 0.3) is 0 Å². The van der Waals surface area contributed by atoms with E-state index >= 15 is 0 Å². The van der Waals surface area contributed by atoms with Crippen LogP contribution in [0, 0.1) is 0 Å². The first-order valence-corrected chi connectivity index (χ1v) is 7.38. The second-order valence-corrected chi connectivity index (χ2v) is 5.93. The van der Waals surface area contributed by atoms with Gasteiger partial charge < -0.3 is 10.5 Å². The fourth-order valence-corrected chi connectivity index (χ4v) is 3.99. The van der Waals surface area contributed by atoms with Crippen LogP contribution < -0.4 is 5.73 Å². The van der Waals surface area contributed by atoms with E-state index in [1.807, 2.05) is 11.3 Å². The van der Waals surface area contributed by atoms with E-state index in [0.29, 0.717) is 12.6 Å². The van der Waals surface area contributed by atoms with Crippen molar-refractivity contribution in [1.29, 1.82) is 0 Å². The molecule has 3 rings (SSSR count). The lowest BCUT2D eigenvalue weighted by atomic mass is 9.92. The van der Waals surface area contributed by atoms with Crippen LogP contribution in [0.25, 0.3) is 0 Å². The van der Waals surface area contributed by atoms with E-state index in [-0.39, 0.29) is 6.10 Å². The van der Waals surface area contributed by atoms with Gasteiger partial charge in [-0.15, -0.1) is 11.3 Å². The van der Waals surface area contributed by atoms with Crippen molar-refractivity contribution in [3.63, 3.8) is 0 Å². The number of ether oxygens (including phenoxy) is 1. The Bertz CT molecular complexity index is 379. The standard InChI is InChI=1S/C13H20N2OS/c14-8-10-9-15(5-6-16-10)12-2-1-3-13-11(12)4-7-17-13/h4,7,10,12H,1-3,5-6,8-9,14H2. The molecule has 17 heavy (non-hydrogen) atoms. The molecule has 1 aliphatic carbocycles. The van der Waals surface area contributed by atoms with Crippen LogP contribution in [0.15, 0.2) is 11.4 Å². The van der Waals surface area contributed by atoms with Crippen molar-refractivity contribution in [1.82, 2.24) is 4.90 Å². The van der Waals surface area contributed by atoms with Crippen LogP contribution in [0.2, 0.25) is 0 Å². The molecule has 1 aliphatic heterocycles. The summed E-state index contributed by atoms with van der Waals surface area (Å²) < 4.78 is 5.65. The Kier molecular flexibility index (Phi) is 3.47. The third kappa shape index (κ3) is 2.27. The summed E-state index contributed by atoms with van der Waals surface area (Å²) in [5, 5.41) is 2.24. The third-order valence-corrected chi connectivity index (χ3v) is 4.89. The zero-order valence-corrected chi connectivity index (χ0v) is 10.9. The molecule has 0 saturated carbocycles. The summed E-state index contributed by atoms with van der Waals surface area (Å²) in [7, 11) is 0. The van der Waals surface area contributed by atoms with Gasteiger partial charge in [0.15, 0.2) is 0 Å². The molecule has 1 aromatic heterocycles. The molecule has 2 unspecified atom stereocenters. The van der Waals surface area contributed by atoms with Crippen LogP contribution in [0.5, 0.6) is 0 Å². The zero-order valence-electron chi connectivity index (χ0n) is 10.1. The van der Waals surface area contributed by atoms with E-state index in [0.717, 1.165) is 19.7 Å². The largest absolute Gasteiger partial charge is 0.374 e. The van der Waals surface area contributed by atoms with Crippen LogP contribution in [0.1, 0.15) is 29.3 Å². The molecule has 0 radical (unpaired) electrons. The van der Waals surface area contributed by atoms with Gasteiger partial charge in [0, 0.05) is 30.6 Å². The van der Waals surface area contributed by atoms with E-state index in [2.05, 4.69) is 16.3 Å². The second kappa shape index (κ2) is 5.06. The average molecular weight is 252 g/mol. The van der Waals surface area contributed by atoms with E-state index in [1.165, 1.54) is 19.3 Å². The van der Waals surface area contributed by atoms with Gasteiger partial charge >= 0.3 is 0 Å². The number of hydrogen-bond donors (Lipinski definition) is 1. The van der Waals surface area contributed by atoms with Crippen molar-refractivity contribution >= 4 is 11.3 Å². The molecular formula is C13H20N2OS. The maximum atomic E-state index is 5.72. The molecule has 0 spiro atoms. The molecule has 2 heterocycles. The monoisotopic (exact) mass is 252 g/mol. The molecule has 94 valence electrons. The minimum atomic E-state index is 0.229. The van der Waals surface area contributed by atoms with Crippen molar-refractivity contribution in [3.05, 3.63) is 21.9 Å². The highest BCUT2D eigenvalue weighted by Gasteiger charge is 2.30. The highest BCUT2D eigenvalue weighted by atomic mass is 32.1. The van der Waals surface area contributed by atoms with Gasteiger partial charge in [-0.25, -0.2) is 0 Å². The summed E-state index contributed by atoms with van der Waals surface area (Å²) in [6.07, 6.45) is 4.12. The van der Waals surface area contributed by atoms with E-state index in [1.54, 1.807) is 10.4 Å². The van der Waals surface area contributed by atoms with Crippen molar-refractivity contribution in [3.8, 4) is 0 Å². The topological polar surface area (TPSA) is 38.5 Å². The molecule has 0 amide bonds. The van der Waals surface area contributed by atoms with E-state index in [4.69, 9.17) is 10.5 Å². The fourth-order valence-electron chi connectivity index (χ4n) is 3.01. The minimum Gasteiger partial charge on any atom is -0.374 e. The maximum absolute atomic E-state index is 5.72. The smallest absolute Gasteiger partial charge is 0.0824 e. The summed E-state index contributed by atoms with van der Waals surface area (Å²) in [6.45, 7) is 3.52. The Balaban J connectivity index is 1.77. The number of nitrogens with two attached hydrogens (primary N) is 1. The molecular weight excluding hydrogens is 232 g/mol. The van der Waals surface area contributed by atoms with Crippen molar-refractivity contribution in [2.45, 2.75) is 31.4 Å². The van der Waals surface area contributed by atoms with Crippen molar-refractivity contribution < 1.29 is 4.74 Å². The number of aryl methyl sites for hydroxylation is 1. The maximum Gasteiger partial charge on any atom is 0.0824 e. The third-order valence-electron chi connectivity index (χ3n) is 3.89. The first-order chi connectivity index (χ1) is 8.38. The summed E-state index contributed by atoms with van der Waals surface area (Å²) in [4.78, 5) is 4.17. The van der Waals surface area contributed by atoms with Crippen molar-refractivity contribution in [2.24, 2.45) is 5.73 Å². The lowest BCUT2D eigenvalue weighted by molar-refractivity contribution is -0.0412. The van der Waals surface area contributed by atoms with Crippen LogP contribution in [0.4, 0.5) is 0 Å². The molecule has 4 heteroatoms. The van der Waals surface area contributed by atoms with Gasteiger partial charge in [0.1, 0.15) is 0 Å². The fraction of sp³-hybridized carbons (Fsp3) is 0.692. The lowest BCUT2D eigenvalue weighted by Crippen LogP contribution is -2.47. The van der Waals surface area contributed by atoms with Crippen LogP contribution in [0.3, 0.4) is 0 Å². The lowest BCUT2D eigenvalue weighted by Gasteiger charge is -2.39. The summed E-state index contributed by atoms with van der Waals surface area (Å²) in [6, 6.07) is 2.93. The molecule has 1 saturated heterocycles. The quantitative estimate of drug-likeness (QED) is 0.872. The first-order valence-electron chi connectivity index (χ1n) is 6.50. The first kappa shape index (κ1) is 11.7. The summed E-state index contributed by atoms with van der Waals surface area (Å²) in [5.41, 5.74) is 7.29. The number of nitrogens with zero attached hydrogens (tertiary/aromatic N) is 1. The molecule has 0 bridgehead atoms. The number of hydrogen-bond acceptors (Lipinski definition) is 4. The summed E-state index contributed by atoms with van der Waals surface area (Å²) >= 11 is 1.92. The Hall–Kier alpha value is -0.420. The van der Waals surface area contributed by atoms with Gasteiger partial charge in [0.2, 0.25) is 0 Å². The number of thiophene rings is 1. The molecule has 3 nitrogen and oxygen atoms in total. The van der Waals surface area contributed by atoms with E-state index in [9.17, 15) is 0 Å². The predicted molar refractivity (Wildman–Crippen MR) is 70.4 cm³/mol. The molecule has 1 fully saturated rings. The van der Waals surface area contributed by atoms with Crippen LogP contribution >= 0.6 is 11.3 Å². The van der Waals surface area contributed by atoms with Gasteiger partial charge in [-0.1, -0.05) is 0 Å². The predicted octanol–water partition coefficient (Wildman–Crippen LogP) is 1.78. The van der Waals surface area contributed by atoms with Gasteiger partial charge in [0.05, 0.1) is 12.7 Å². The average Bonchev–Trinajstić information content (AvgIpc) is 2.87. The normalized spacial score (nSPS) is 30.2. The minimum absolute atomic E-state index is 0.229. The number of fused-ring (bicyclic) bond motifs is 1. The Morgan fingerprint density at radius 2 is 2.47 bits per heavy atom. The van der Waals surface area contributed by atoms with Crippen LogP contribution in [-0.4, -0.2) is 37.2 Å². The molecule has 2 aliphatic rings. The Morgan fingerprint density at radius 1 is 1.53 bits per heavy atom. The zero-order chi connectivity index (χ0) is 11.7. The van der Waals surface area contributed by atoms with E-state index < -0.39 is 0 Å². The molecule has 2 N–H and O–H groups in total. The molecule has 1 aromatic rings. The number of morpholine rings is 1. The second-order valence-electron chi connectivity index (χ2n) is 4.93. The highest BCUT2D eigenvalue weighted by molar-refractivity contribution is 7.10.